The van der Waals surface area contributed by atoms with Crippen LogP contribution in [0.3, 0.4) is 0 Å². The fourth-order valence-electron chi connectivity index (χ4n) is 1.62. The highest BCUT2D eigenvalue weighted by atomic mass is 32.2. The van der Waals surface area contributed by atoms with E-state index >= 15 is 0 Å². The molecule has 0 saturated heterocycles. The van der Waals surface area contributed by atoms with Crippen molar-refractivity contribution in [3.63, 3.8) is 0 Å². The molecule has 0 spiro atoms. The molecule has 0 aromatic carbocycles. The Kier molecular flexibility index (Phi) is 4.29. The lowest BCUT2D eigenvalue weighted by Gasteiger charge is -2.08. The molecule has 2 aromatic heterocycles. The summed E-state index contributed by atoms with van der Waals surface area (Å²) in [5.41, 5.74) is 6.49. The van der Waals surface area contributed by atoms with Gasteiger partial charge in [0.2, 0.25) is 5.76 Å². The van der Waals surface area contributed by atoms with Crippen molar-refractivity contribution in [2.24, 2.45) is 0 Å². The molecule has 0 unspecified atom stereocenters. The number of nitrogens with zero attached hydrogens (tertiary/aromatic N) is 2. The van der Waals surface area contributed by atoms with Crippen molar-refractivity contribution in [3.05, 3.63) is 35.4 Å². The molecule has 0 aliphatic carbocycles. The van der Waals surface area contributed by atoms with Crippen molar-refractivity contribution in [2.75, 3.05) is 12.8 Å². The van der Waals surface area contributed by atoms with E-state index in [1.165, 1.54) is 18.9 Å². The zero-order chi connectivity index (χ0) is 14.7. The minimum atomic E-state index is -0.496. The van der Waals surface area contributed by atoms with Gasteiger partial charge in [-0.05, 0) is 26.0 Å². The Labute approximate surface area is 120 Å². The van der Waals surface area contributed by atoms with Gasteiger partial charge in [0.05, 0.1) is 12.4 Å². The third kappa shape index (κ3) is 3.30. The molecule has 2 N–H and O–H groups in total. The van der Waals surface area contributed by atoms with E-state index < -0.39 is 5.97 Å². The predicted molar refractivity (Wildman–Crippen MR) is 75.5 cm³/mol. The molecule has 0 amide bonds. The van der Waals surface area contributed by atoms with Crippen LogP contribution in [0.4, 0.5) is 5.82 Å². The van der Waals surface area contributed by atoms with Gasteiger partial charge < -0.3 is 14.9 Å². The Balaban J connectivity index is 2.13. The normalized spacial score (nSPS) is 12.2. The summed E-state index contributed by atoms with van der Waals surface area (Å²) in [4.78, 5) is 19.8. The highest BCUT2D eigenvalue weighted by Crippen LogP contribution is 2.34. The summed E-state index contributed by atoms with van der Waals surface area (Å²) in [6.07, 6.45) is 0. The standard InChI is InChI=1S/C13H15N3O3S/c1-7-6-11(14)16-13(15-7)20-8(2)9-4-5-10(19-9)12(17)18-3/h4-6,8H,1-3H3,(H2,14,15,16)/t8-/m1/s1. The monoisotopic (exact) mass is 293 g/mol. The van der Waals surface area contributed by atoms with Crippen molar-refractivity contribution in [1.29, 1.82) is 0 Å². The molecular weight excluding hydrogens is 278 g/mol. The number of aryl methyl sites for hydroxylation is 1. The average Bonchev–Trinajstić information content (AvgIpc) is 2.86. The molecule has 2 rings (SSSR count). The number of methoxy groups -OCH3 is 1. The van der Waals surface area contributed by atoms with Crippen LogP contribution in [0.25, 0.3) is 0 Å². The molecule has 1 atom stereocenters. The molecule has 2 heterocycles. The first-order chi connectivity index (χ1) is 9.49. The largest absolute Gasteiger partial charge is 0.463 e. The summed E-state index contributed by atoms with van der Waals surface area (Å²) < 4.78 is 10.0. The maximum absolute atomic E-state index is 11.3. The molecule has 0 aliphatic heterocycles. The van der Waals surface area contributed by atoms with E-state index in [0.29, 0.717) is 16.7 Å². The lowest BCUT2D eigenvalue weighted by atomic mass is 10.3. The number of rotatable bonds is 4. The molecule has 0 radical (unpaired) electrons. The van der Waals surface area contributed by atoms with Crippen LogP contribution in [0.5, 0.6) is 0 Å². The van der Waals surface area contributed by atoms with Gasteiger partial charge in [-0.25, -0.2) is 14.8 Å². The summed E-state index contributed by atoms with van der Waals surface area (Å²) in [6.45, 7) is 3.79. The molecule has 7 heteroatoms. The molecule has 0 saturated carbocycles. The average molecular weight is 293 g/mol. The first-order valence-electron chi connectivity index (χ1n) is 5.95. The summed E-state index contributed by atoms with van der Waals surface area (Å²) >= 11 is 1.41. The summed E-state index contributed by atoms with van der Waals surface area (Å²) in [5.74, 6) is 0.769. The van der Waals surface area contributed by atoms with Crippen LogP contribution in [0.1, 0.15) is 34.2 Å². The van der Waals surface area contributed by atoms with Crippen LogP contribution < -0.4 is 5.73 Å². The second-order valence-electron chi connectivity index (χ2n) is 4.17. The number of nitrogen functional groups attached to an aromatic ring is 1. The number of carbonyl (C=O) groups excluding carboxylic acids is 1. The fourth-order valence-corrected chi connectivity index (χ4v) is 2.53. The number of hydrogen-bond acceptors (Lipinski definition) is 7. The minimum Gasteiger partial charge on any atom is -0.463 e. The van der Waals surface area contributed by atoms with E-state index in [4.69, 9.17) is 10.2 Å². The number of esters is 1. The maximum atomic E-state index is 11.3. The number of nitrogens with two attached hydrogens (primary N) is 1. The zero-order valence-corrected chi connectivity index (χ0v) is 12.2. The van der Waals surface area contributed by atoms with Gasteiger partial charge in [-0.3, -0.25) is 0 Å². The number of ether oxygens (including phenoxy) is 1. The van der Waals surface area contributed by atoms with Crippen molar-refractivity contribution in [1.82, 2.24) is 9.97 Å². The van der Waals surface area contributed by atoms with Crippen molar-refractivity contribution in [3.8, 4) is 0 Å². The van der Waals surface area contributed by atoms with Crippen LogP contribution in [0.2, 0.25) is 0 Å². The number of aromatic nitrogens is 2. The number of carbonyl (C=O) groups is 1. The predicted octanol–water partition coefficient (Wildman–Crippen LogP) is 2.60. The number of hydrogen-bond donors (Lipinski definition) is 1. The molecule has 0 bridgehead atoms. The number of furan rings is 1. The first-order valence-corrected chi connectivity index (χ1v) is 6.83. The van der Waals surface area contributed by atoms with Gasteiger partial charge in [0.25, 0.3) is 0 Å². The van der Waals surface area contributed by atoms with Gasteiger partial charge in [0, 0.05) is 11.8 Å². The smallest absolute Gasteiger partial charge is 0.373 e. The molecule has 0 aliphatic rings. The zero-order valence-electron chi connectivity index (χ0n) is 11.4. The van der Waals surface area contributed by atoms with Gasteiger partial charge in [0.15, 0.2) is 5.16 Å². The Morgan fingerprint density at radius 1 is 1.45 bits per heavy atom. The minimum absolute atomic E-state index is 0.0467. The third-order valence-corrected chi connectivity index (χ3v) is 3.53. The molecule has 0 fully saturated rings. The van der Waals surface area contributed by atoms with E-state index in [1.807, 2.05) is 13.8 Å². The second kappa shape index (κ2) is 5.96. The Morgan fingerprint density at radius 3 is 2.85 bits per heavy atom. The van der Waals surface area contributed by atoms with Crippen molar-refractivity contribution < 1.29 is 13.9 Å². The van der Waals surface area contributed by atoms with E-state index in [1.54, 1.807) is 18.2 Å². The summed E-state index contributed by atoms with van der Waals surface area (Å²) in [5, 5.41) is 0.528. The summed E-state index contributed by atoms with van der Waals surface area (Å²) in [6, 6.07) is 5.03. The van der Waals surface area contributed by atoms with E-state index in [-0.39, 0.29) is 11.0 Å². The Hall–Kier alpha value is -2.02. The van der Waals surface area contributed by atoms with Gasteiger partial charge in [-0.1, -0.05) is 11.8 Å². The quantitative estimate of drug-likeness (QED) is 0.526. The highest BCUT2D eigenvalue weighted by molar-refractivity contribution is 7.99. The van der Waals surface area contributed by atoms with E-state index in [0.717, 1.165) is 5.69 Å². The molecule has 2 aromatic rings. The van der Waals surface area contributed by atoms with Gasteiger partial charge in [0.1, 0.15) is 11.6 Å². The van der Waals surface area contributed by atoms with Crippen LogP contribution in [-0.2, 0) is 4.74 Å². The van der Waals surface area contributed by atoms with Crippen LogP contribution in [-0.4, -0.2) is 23.0 Å². The van der Waals surface area contributed by atoms with Gasteiger partial charge in [-0.2, -0.15) is 0 Å². The number of thioether (sulfide) groups is 1. The SMILES string of the molecule is COC(=O)c1ccc([C@@H](C)Sc2nc(C)cc(N)n2)o1. The fraction of sp³-hybridized carbons (Fsp3) is 0.308. The van der Waals surface area contributed by atoms with E-state index in [9.17, 15) is 4.79 Å². The lowest BCUT2D eigenvalue weighted by Crippen LogP contribution is -1.99. The van der Waals surface area contributed by atoms with Crippen molar-refractivity contribution in [2.45, 2.75) is 24.3 Å². The van der Waals surface area contributed by atoms with Crippen molar-refractivity contribution >= 4 is 23.5 Å². The summed E-state index contributed by atoms with van der Waals surface area (Å²) in [7, 11) is 1.31. The Morgan fingerprint density at radius 2 is 2.20 bits per heavy atom. The lowest BCUT2D eigenvalue weighted by molar-refractivity contribution is 0.0563. The van der Waals surface area contributed by atoms with Crippen LogP contribution in [0.15, 0.2) is 27.8 Å². The molecule has 6 nitrogen and oxygen atoms in total. The molecule has 106 valence electrons. The van der Waals surface area contributed by atoms with Gasteiger partial charge in [-0.15, -0.1) is 0 Å². The Bertz CT molecular complexity index is 607. The molecular formula is C13H15N3O3S. The number of anilines is 1. The van der Waals surface area contributed by atoms with Crippen LogP contribution >= 0.6 is 11.8 Å². The highest BCUT2D eigenvalue weighted by Gasteiger charge is 2.17. The second-order valence-corrected chi connectivity index (χ2v) is 5.48. The van der Waals surface area contributed by atoms with Gasteiger partial charge >= 0.3 is 5.97 Å². The third-order valence-electron chi connectivity index (χ3n) is 2.55. The maximum Gasteiger partial charge on any atom is 0.373 e. The van der Waals surface area contributed by atoms with Crippen LogP contribution in [0, 0.1) is 6.92 Å². The first kappa shape index (κ1) is 14.4. The van der Waals surface area contributed by atoms with E-state index in [2.05, 4.69) is 14.7 Å². The topological polar surface area (TPSA) is 91.2 Å². The molecule has 20 heavy (non-hydrogen) atoms.